The molecule has 1 saturated carbocycles. The number of ether oxygens (including phenoxy) is 1. The summed E-state index contributed by atoms with van der Waals surface area (Å²) >= 11 is 0. The van der Waals surface area contributed by atoms with Crippen molar-refractivity contribution in [2.45, 2.75) is 51.2 Å². The monoisotopic (exact) mass is 257 g/mol. The van der Waals surface area contributed by atoms with E-state index < -0.39 is 0 Å². The first-order chi connectivity index (χ1) is 9.31. The van der Waals surface area contributed by atoms with E-state index in [-0.39, 0.29) is 0 Å². The molecule has 0 radical (unpaired) electrons. The molecule has 4 bridgehead atoms. The second-order valence-electron chi connectivity index (χ2n) is 7.10. The lowest BCUT2D eigenvalue weighted by molar-refractivity contribution is 0.0584. The van der Waals surface area contributed by atoms with Crippen molar-refractivity contribution in [1.29, 1.82) is 5.26 Å². The summed E-state index contributed by atoms with van der Waals surface area (Å²) in [5, 5.41) is 8.63. The van der Waals surface area contributed by atoms with Crippen LogP contribution in [0.1, 0.15) is 39.0 Å². The highest BCUT2D eigenvalue weighted by Crippen LogP contribution is 2.63. The molecule has 0 N–H and O–H groups in total. The summed E-state index contributed by atoms with van der Waals surface area (Å²) in [7, 11) is 0. The maximum atomic E-state index is 8.63. The normalized spacial score (nSPS) is 52.6. The van der Waals surface area contributed by atoms with Gasteiger partial charge >= 0.3 is 0 Å². The Labute approximate surface area is 115 Å². The van der Waals surface area contributed by atoms with Gasteiger partial charge in [0.05, 0.1) is 18.3 Å². The lowest BCUT2D eigenvalue weighted by Gasteiger charge is -2.37. The van der Waals surface area contributed by atoms with Crippen LogP contribution in [0.5, 0.6) is 0 Å². The topological polar surface area (TPSA) is 33.0 Å². The largest absolute Gasteiger partial charge is 0.374 e. The Bertz CT molecular complexity index is 437. The van der Waals surface area contributed by atoms with Gasteiger partial charge < -0.3 is 4.74 Å². The first-order valence-corrected chi connectivity index (χ1v) is 8.02. The van der Waals surface area contributed by atoms with E-state index in [4.69, 9.17) is 10.00 Å². The molecule has 0 aromatic carbocycles. The van der Waals surface area contributed by atoms with Gasteiger partial charge in [0, 0.05) is 6.42 Å². The third kappa shape index (κ3) is 1.57. The van der Waals surface area contributed by atoms with Crippen molar-refractivity contribution in [2.75, 3.05) is 0 Å². The minimum absolute atomic E-state index is 0.534. The molecule has 0 aromatic heterocycles. The SMILES string of the molecule is CC1C(CCCCC#N)C2OC1C1C3C=CC(C3)C21. The van der Waals surface area contributed by atoms with Crippen molar-refractivity contribution in [3.63, 3.8) is 0 Å². The van der Waals surface area contributed by atoms with Gasteiger partial charge in [-0.2, -0.15) is 5.26 Å². The standard InChI is InChI=1S/C17H23NO/c1-10-13(5-3-2-4-8-18)17-15-12-7-6-11(9-12)14(15)16(10)19-17/h6-7,10-17H,2-5,9H2,1H3. The summed E-state index contributed by atoms with van der Waals surface area (Å²) in [4.78, 5) is 0. The van der Waals surface area contributed by atoms with Crippen molar-refractivity contribution >= 4 is 0 Å². The molecule has 3 fully saturated rings. The van der Waals surface area contributed by atoms with Gasteiger partial charge in [-0.3, -0.25) is 0 Å². The first-order valence-electron chi connectivity index (χ1n) is 8.02. The molecule has 2 aliphatic carbocycles. The highest BCUT2D eigenvalue weighted by Gasteiger charge is 2.64. The van der Waals surface area contributed by atoms with Crippen molar-refractivity contribution in [3.8, 4) is 6.07 Å². The van der Waals surface area contributed by atoms with Crippen molar-refractivity contribution in [1.82, 2.24) is 0 Å². The summed E-state index contributed by atoms with van der Waals surface area (Å²) in [5.74, 6) is 4.81. The van der Waals surface area contributed by atoms with Crippen molar-refractivity contribution in [3.05, 3.63) is 12.2 Å². The minimum Gasteiger partial charge on any atom is -0.374 e. The Morgan fingerprint density at radius 3 is 2.63 bits per heavy atom. The number of allylic oxidation sites excluding steroid dienone is 2. The van der Waals surface area contributed by atoms with Gasteiger partial charge in [-0.25, -0.2) is 0 Å². The van der Waals surface area contributed by atoms with Crippen LogP contribution in [0.4, 0.5) is 0 Å². The molecule has 2 nitrogen and oxygen atoms in total. The molecule has 0 aromatic rings. The van der Waals surface area contributed by atoms with Crippen LogP contribution in [0.3, 0.4) is 0 Å². The Hall–Kier alpha value is -0.810. The first kappa shape index (κ1) is 12.0. The summed E-state index contributed by atoms with van der Waals surface area (Å²) in [6, 6.07) is 2.26. The van der Waals surface area contributed by atoms with E-state index in [0.717, 1.165) is 48.3 Å². The van der Waals surface area contributed by atoms with E-state index in [1.807, 2.05) is 0 Å². The molecule has 4 rings (SSSR count). The zero-order chi connectivity index (χ0) is 13.0. The van der Waals surface area contributed by atoms with Gasteiger partial charge in [-0.05, 0) is 54.8 Å². The highest BCUT2D eigenvalue weighted by molar-refractivity contribution is 5.22. The number of rotatable bonds is 4. The Morgan fingerprint density at radius 2 is 1.89 bits per heavy atom. The van der Waals surface area contributed by atoms with E-state index >= 15 is 0 Å². The Balaban J connectivity index is 1.46. The predicted octanol–water partition coefficient (Wildman–Crippen LogP) is 3.54. The minimum atomic E-state index is 0.534. The number of nitriles is 1. The van der Waals surface area contributed by atoms with Gasteiger partial charge in [0.2, 0.25) is 0 Å². The van der Waals surface area contributed by atoms with E-state index in [9.17, 15) is 0 Å². The van der Waals surface area contributed by atoms with Gasteiger partial charge in [0.25, 0.3) is 0 Å². The fraction of sp³-hybridized carbons (Fsp3) is 0.824. The Kier molecular flexibility index (Phi) is 2.74. The van der Waals surface area contributed by atoms with Gasteiger partial charge in [-0.1, -0.05) is 25.5 Å². The second kappa shape index (κ2) is 4.35. The fourth-order valence-electron chi connectivity index (χ4n) is 5.60. The molecule has 2 heteroatoms. The molecule has 8 atom stereocenters. The molecule has 2 aliphatic heterocycles. The summed E-state index contributed by atoms with van der Waals surface area (Å²) in [6.45, 7) is 2.41. The number of nitrogens with zero attached hydrogens (tertiary/aromatic N) is 1. The molecule has 4 aliphatic rings. The van der Waals surface area contributed by atoms with Crippen LogP contribution in [-0.2, 0) is 4.74 Å². The maximum absolute atomic E-state index is 8.63. The highest BCUT2D eigenvalue weighted by atomic mass is 16.5. The van der Waals surface area contributed by atoms with E-state index in [2.05, 4.69) is 25.1 Å². The van der Waals surface area contributed by atoms with Crippen LogP contribution >= 0.6 is 0 Å². The summed E-state index contributed by atoms with van der Waals surface area (Å²) < 4.78 is 6.40. The number of fused-ring (bicyclic) bond motifs is 9. The molecular weight excluding hydrogens is 234 g/mol. The number of hydrogen-bond acceptors (Lipinski definition) is 2. The lowest BCUT2D eigenvalue weighted by atomic mass is 9.64. The van der Waals surface area contributed by atoms with Crippen LogP contribution in [0, 0.1) is 46.8 Å². The predicted molar refractivity (Wildman–Crippen MR) is 73.1 cm³/mol. The second-order valence-corrected chi connectivity index (χ2v) is 7.10. The summed E-state index contributed by atoms with van der Waals surface area (Å²) in [5.41, 5.74) is 0. The van der Waals surface area contributed by atoms with Crippen LogP contribution in [0.15, 0.2) is 12.2 Å². The quantitative estimate of drug-likeness (QED) is 0.570. The van der Waals surface area contributed by atoms with E-state index in [0.29, 0.717) is 12.2 Å². The maximum Gasteiger partial charge on any atom is 0.0648 e. The fourth-order valence-corrected chi connectivity index (χ4v) is 5.60. The Morgan fingerprint density at radius 1 is 1.16 bits per heavy atom. The van der Waals surface area contributed by atoms with Gasteiger partial charge in [-0.15, -0.1) is 0 Å². The molecule has 2 saturated heterocycles. The van der Waals surface area contributed by atoms with Crippen LogP contribution < -0.4 is 0 Å². The van der Waals surface area contributed by atoms with Crippen molar-refractivity contribution < 1.29 is 4.74 Å². The van der Waals surface area contributed by atoms with Crippen LogP contribution in [0.2, 0.25) is 0 Å². The number of unbranched alkanes of at least 4 members (excludes halogenated alkanes) is 2. The van der Waals surface area contributed by atoms with Gasteiger partial charge in [0.15, 0.2) is 0 Å². The van der Waals surface area contributed by atoms with Crippen LogP contribution in [-0.4, -0.2) is 12.2 Å². The number of hydrogen-bond donors (Lipinski definition) is 0. The lowest BCUT2D eigenvalue weighted by Crippen LogP contribution is -2.40. The zero-order valence-corrected chi connectivity index (χ0v) is 11.7. The molecule has 8 unspecified atom stereocenters. The third-order valence-corrected chi connectivity index (χ3v) is 6.35. The molecular formula is C17H23NO. The molecule has 0 spiro atoms. The van der Waals surface area contributed by atoms with Crippen LogP contribution in [0.25, 0.3) is 0 Å². The third-order valence-electron chi connectivity index (χ3n) is 6.35. The van der Waals surface area contributed by atoms with Crippen molar-refractivity contribution in [2.24, 2.45) is 35.5 Å². The zero-order valence-electron chi connectivity index (χ0n) is 11.7. The van der Waals surface area contributed by atoms with Gasteiger partial charge in [0.1, 0.15) is 0 Å². The molecule has 19 heavy (non-hydrogen) atoms. The van der Waals surface area contributed by atoms with E-state index in [1.165, 1.54) is 19.3 Å². The van der Waals surface area contributed by atoms with E-state index in [1.54, 1.807) is 0 Å². The summed E-state index contributed by atoms with van der Waals surface area (Å²) in [6.07, 6.45) is 11.7. The molecule has 0 amide bonds. The smallest absolute Gasteiger partial charge is 0.0648 e. The average molecular weight is 257 g/mol. The average Bonchev–Trinajstić information content (AvgIpc) is 3.13. The molecule has 102 valence electrons. The molecule has 2 heterocycles.